The first-order valence-electron chi connectivity index (χ1n) is 8.26. The lowest BCUT2D eigenvalue weighted by Crippen LogP contribution is -2.17. The zero-order chi connectivity index (χ0) is 20.8. The molecule has 0 unspecified atom stereocenters. The van der Waals surface area contributed by atoms with Gasteiger partial charge < -0.3 is 14.9 Å². The average molecular weight is 415 g/mol. The Kier molecular flexibility index (Phi) is 6.15. The van der Waals surface area contributed by atoms with E-state index in [0.29, 0.717) is 27.5 Å². The molecule has 0 aliphatic rings. The molecule has 0 spiro atoms. The molecule has 29 heavy (non-hydrogen) atoms. The summed E-state index contributed by atoms with van der Waals surface area (Å²) in [5.74, 6) is -0.279. The van der Waals surface area contributed by atoms with Crippen molar-refractivity contribution >= 4 is 29.7 Å². The summed E-state index contributed by atoms with van der Waals surface area (Å²) < 4.78 is 6.65. The third-order valence-electron chi connectivity index (χ3n) is 3.81. The minimum Gasteiger partial charge on any atom is -0.496 e. The molecule has 2 aromatic carbocycles. The van der Waals surface area contributed by atoms with E-state index in [1.807, 2.05) is 0 Å². The third kappa shape index (κ3) is 5.14. The van der Waals surface area contributed by atoms with Crippen molar-refractivity contribution in [2.75, 3.05) is 7.11 Å². The fourth-order valence-electron chi connectivity index (χ4n) is 2.45. The van der Waals surface area contributed by atoms with Crippen LogP contribution in [0.25, 0.3) is 0 Å². The van der Waals surface area contributed by atoms with Crippen molar-refractivity contribution in [2.45, 2.75) is 6.54 Å². The Bertz CT molecular complexity index is 1060. The predicted octanol–water partition coefficient (Wildman–Crippen LogP) is 2.66. The van der Waals surface area contributed by atoms with Gasteiger partial charge in [-0.2, -0.15) is 9.78 Å². The van der Waals surface area contributed by atoms with Crippen molar-refractivity contribution in [3.05, 3.63) is 80.6 Å². The molecule has 1 amide bonds. The topological polar surface area (TPSA) is 125 Å². The van der Waals surface area contributed by atoms with E-state index in [4.69, 9.17) is 16.3 Å². The molecule has 0 saturated heterocycles. The third-order valence-corrected chi connectivity index (χ3v) is 4.06. The molecule has 0 radical (unpaired) electrons. The van der Waals surface area contributed by atoms with Crippen LogP contribution in [0.2, 0.25) is 5.02 Å². The summed E-state index contributed by atoms with van der Waals surface area (Å²) in [7, 11) is 1.52. The van der Waals surface area contributed by atoms with E-state index in [2.05, 4.69) is 20.6 Å². The Morgan fingerprint density at radius 3 is 2.76 bits per heavy atom. The monoisotopic (exact) mass is 414 g/mol. The fraction of sp³-hybridized carbons (Fsp3) is 0.111. The highest BCUT2D eigenvalue weighted by molar-refractivity contribution is 6.30. The van der Waals surface area contributed by atoms with Crippen LogP contribution in [0.4, 0.5) is 5.95 Å². The quantitative estimate of drug-likeness (QED) is 0.360. The van der Waals surface area contributed by atoms with E-state index in [1.54, 1.807) is 42.5 Å². The Labute approximate surface area is 169 Å². The van der Waals surface area contributed by atoms with Gasteiger partial charge in [-0.3, -0.25) is 4.79 Å². The molecule has 0 aliphatic heterocycles. The predicted molar refractivity (Wildman–Crippen MR) is 105 cm³/mol. The number of rotatable bonds is 7. The van der Waals surface area contributed by atoms with E-state index in [9.17, 15) is 14.9 Å². The number of benzene rings is 2. The number of methoxy groups -OCH3 is 1. The first kappa shape index (κ1) is 20.0. The highest BCUT2D eigenvalue weighted by atomic mass is 35.5. The summed E-state index contributed by atoms with van der Waals surface area (Å²) in [6.07, 6.45) is 2.74. The number of nitro groups is 1. The van der Waals surface area contributed by atoms with Crippen molar-refractivity contribution in [3.8, 4) is 5.75 Å². The average Bonchev–Trinajstić information content (AvgIpc) is 3.17. The van der Waals surface area contributed by atoms with Gasteiger partial charge in [0, 0.05) is 21.2 Å². The summed E-state index contributed by atoms with van der Waals surface area (Å²) in [4.78, 5) is 25.7. The molecule has 1 N–H and O–H groups in total. The highest BCUT2D eigenvalue weighted by Gasteiger charge is 2.15. The van der Waals surface area contributed by atoms with Crippen molar-refractivity contribution in [1.29, 1.82) is 0 Å². The van der Waals surface area contributed by atoms with E-state index >= 15 is 0 Å². The van der Waals surface area contributed by atoms with Crippen molar-refractivity contribution < 1.29 is 14.5 Å². The Morgan fingerprint density at radius 1 is 1.34 bits per heavy atom. The second-order valence-electron chi connectivity index (χ2n) is 5.78. The Hall–Kier alpha value is -3.79. The lowest BCUT2D eigenvalue weighted by atomic mass is 10.1. The minimum absolute atomic E-state index is 0.211. The smallest absolute Gasteiger partial charge is 0.490 e. The van der Waals surface area contributed by atoms with Gasteiger partial charge in [0.1, 0.15) is 5.75 Å². The molecule has 148 valence electrons. The van der Waals surface area contributed by atoms with Crippen LogP contribution in [0.1, 0.15) is 21.5 Å². The number of ether oxygens (including phenoxy) is 1. The van der Waals surface area contributed by atoms with Gasteiger partial charge in [-0.25, -0.2) is 5.43 Å². The molecule has 11 heteroatoms. The number of hydrazone groups is 1. The lowest BCUT2D eigenvalue weighted by molar-refractivity contribution is -0.394. The van der Waals surface area contributed by atoms with E-state index in [1.165, 1.54) is 24.3 Å². The number of nitrogens with one attached hydrogen (secondary N) is 1. The van der Waals surface area contributed by atoms with E-state index in [0.717, 1.165) is 0 Å². The SMILES string of the molecule is COc1ccc(C=NNC(=O)c2ccc(Cl)cc2)cc1Cn1cnc([N+](=O)[O-])n1. The molecule has 10 nitrogen and oxygen atoms in total. The van der Waals surface area contributed by atoms with Gasteiger partial charge in [-0.1, -0.05) is 16.6 Å². The van der Waals surface area contributed by atoms with Crippen LogP contribution >= 0.6 is 11.6 Å². The molecule has 0 fully saturated rings. The zero-order valence-corrected chi connectivity index (χ0v) is 15.9. The van der Waals surface area contributed by atoms with Crippen molar-refractivity contribution in [1.82, 2.24) is 20.2 Å². The second kappa shape index (κ2) is 8.93. The molecule has 0 saturated carbocycles. The first-order chi connectivity index (χ1) is 14.0. The molecular formula is C18H15ClN6O4. The van der Waals surface area contributed by atoms with E-state index < -0.39 is 10.9 Å². The number of nitrogens with zero attached hydrogens (tertiary/aromatic N) is 5. The Morgan fingerprint density at radius 2 is 2.10 bits per heavy atom. The largest absolute Gasteiger partial charge is 0.496 e. The van der Waals surface area contributed by atoms with E-state index in [-0.39, 0.29) is 12.5 Å². The minimum atomic E-state index is -0.666. The molecule has 0 aliphatic carbocycles. The second-order valence-corrected chi connectivity index (χ2v) is 6.21. The van der Waals surface area contributed by atoms with Crippen LogP contribution < -0.4 is 10.2 Å². The number of hydrogen-bond donors (Lipinski definition) is 1. The van der Waals surface area contributed by atoms with Crippen molar-refractivity contribution in [2.24, 2.45) is 5.10 Å². The number of amides is 1. The van der Waals surface area contributed by atoms with Crippen LogP contribution in [-0.2, 0) is 6.54 Å². The van der Waals surface area contributed by atoms with Crippen LogP contribution in [0.5, 0.6) is 5.75 Å². The van der Waals surface area contributed by atoms with Crippen LogP contribution in [0.3, 0.4) is 0 Å². The van der Waals surface area contributed by atoms with Crippen LogP contribution in [0.15, 0.2) is 53.9 Å². The Balaban J connectivity index is 1.71. The standard InChI is InChI=1S/C18H15ClN6O4/c1-29-16-7-2-12(8-14(16)10-24-11-20-18(23-24)25(27)28)9-21-22-17(26)13-3-5-15(19)6-4-13/h2-9,11H,10H2,1H3,(H,22,26). The number of hydrogen-bond acceptors (Lipinski definition) is 7. The molecular weight excluding hydrogens is 400 g/mol. The first-order valence-corrected chi connectivity index (χ1v) is 8.64. The van der Waals surface area contributed by atoms with Gasteiger partial charge in [-0.15, -0.1) is 0 Å². The summed E-state index contributed by atoms with van der Waals surface area (Å²) in [5, 5.41) is 19.0. The molecule has 0 atom stereocenters. The van der Waals surface area contributed by atoms with Gasteiger partial charge in [0.15, 0.2) is 0 Å². The van der Waals surface area contributed by atoms with Gasteiger partial charge >= 0.3 is 5.95 Å². The van der Waals surface area contributed by atoms with Gasteiger partial charge in [0.05, 0.1) is 19.9 Å². The van der Waals surface area contributed by atoms with Gasteiger partial charge in [-0.05, 0) is 53.0 Å². The zero-order valence-electron chi connectivity index (χ0n) is 15.2. The maximum Gasteiger partial charge on any atom is 0.490 e. The van der Waals surface area contributed by atoms with Crippen LogP contribution in [0, 0.1) is 10.1 Å². The molecule has 0 bridgehead atoms. The normalized spacial score (nSPS) is 10.8. The number of aromatic nitrogens is 3. The van der Waals surface area contributed by atoms with Gasteiger partial charge in [0.25, 0.3) is 5.91 Å². The van der Waals surface area contributed by atoms with Gasteiger partial charge in [0.2, 0.25) is 6.33 Å². The summed E-state index contributed by atoms with van der Waals surface area (Å²) >= 11 is 5.80. The lowest BCUT2D eigenvalue weighted by Gasteiger charge is -2.08. The number of carbonyl (C=O) groups excluding carboxylic acids is 1. The maximum atomic E-state index is 12.1. The molecule has 3 rings (SSSR count). The van der Waals surface area contributed by atoms with Crippen molar-refractivity contribution in [3.63, 3.8) is 0 Å². The fourth-order valence-corrected chi connectivity index (χ4v) is 2.58. The summed E-state index contributed by atoms with van der Waals surface area (Å²) in [6, 6.07) is 11.7. The molecule has 1 aromatic heterocycles. The highest BCUT2D eigenvalue weighted by Crippen LogP contribution is 2.20. The summed E-state index contributed by atoms with van der Waals surface area (Å²) in [5.41, 5.74) is 4.26. The summed E-state index contributed by atoms with van der Waals surface area (Å²) in [6.45, 7) is 0.211. The molecule has 3 aromatic rings. The molecule has 1 heterocycles. The number of carbonyl (C=O) groups is 1. The maximum absolute atomic E-state index is 12.1. The number of halogens is 1. The van der Waals surface area contributed by atoms with Crippen LogP contribution in [-0.4, -0.2) is 38.9 Å².